The molecular weight excluding hydrogens is 306 g/mol. The largest absolute Gasteiger partial charge is 0.480 e. The number of ether oxygens (including phenoxy) is 1. The number of likely N-dealkylation sites (tertiary alicyclic amines) is 1. The van der Waals surface area contributed by atoms with Crippen LogP contribution in [0, 0.1) is 0 Å². The SMILES string of the molecule is COc1ncccc1C(=O)N1CCC[C@H]1Cn1cc(C2CC2)nn1. The predicted octanol–water partition coefficient (Wildman–Crippen LogP) is 1.86. The maximum absolute atomic E-state index is 12.9. The van der Waals surface area contributed by atoms with E-state index in [4.69, 9.17) is 4.74 Å². The van der Waals surface area contributed by atoms with Crippen LogP contribution in [-0.2, 0) is 6.54 Å². The Labute approximate surface area is 140 Å². The Kier molecular flexibility index (Phi) is 3.92. The van der Waals surface area contributed by atoms with Crippen molar-refractivity contribution < 1.29 is 9.53 Å². The molecule has 24 heavy (non-hydrogen) atoms. The maximum Gasteiger partial charge on any atom is 0.259 e. The molecule has 0 radical (unpaired) electrons. The van der Waals surface area contributed by atoms with Crippen LogP contribution in [0.1, 0.15) is 47.7 Å². The minimum atomic E-state index is -0.0232. The summed E-state index contributed by atoms with van der Waals surface area (Å²) in [6, 6.07) is 3.67. The van der Waals surface area contributed by atoms with Gasteiger partial charge in [0.2, 0.25) is 5.88 Å². The van der Waals surface area contributed by atoms with Crippen LogP contribution in [0.25, 0.3) is 0 Å². The predicted molar refractivity (Wildman–Crippen MR) is 86.8 cm³/mol. The van der Waals surface area contributed by atoms with Crippen LogP contribution in [-0.4, -0.2) is 50.5 Å². The number of amides is 1. The quantitative estimate of drug-likeness (QED) is 0.838. The van der Waals surface area contributed by atoms with E-state index >= 15 is 0 Å². The molecule has 0 N–H and O–H groups in total. The molecular formula is C17H21N5O2. The van der Waals surface area contributed by atoms with Crippen LogP contribution in [0.5, 0.6) is 5.88 Å². The van der Waals surface area contributed by atoms with E-state index in [-0.39, 0.29) is 11.9 Å². The van der Waals surface area contributed by atoms with Crippen molar-refractivity contribution in [2.75, 3.05) is 13.7 Å². The molecule has 2 aromatic heterocycles. The van der Waals surface area contributed by atoms with Gasteiger partial charge in [0.1, 0.15) is 5.56 Å². The summed E-state index contributed by atoms with van der Waals surface area (Å²) in [5.41, 5.74) is 1.60. The van der Waals surface area contributed by atoms with E-state index in [9.17, 15) is 4.79 Å². The standard InChI is InChI=1S/C17H21N5O2/c1-24-16-14(5-2-8-18-16)17(23)22-9-3-4-13(22)10-21-11-15(19-20-21)12-6-7-12/h2,5,8,11-13H,3-4,6-7,9-10H2,1H3/t13-/m0/s1. The molecule has 2 aromatic rings. The van der Waals surface area contributed by atoms with E-state index in [0.29, 0.717) is 23.9 Å². The first kappa shape index (κ1) is 15.1. The second-order valence-corrected chi connectivity index (χ2v) is 6.49. The summed E-state index contributed by atoms with van der Waals surface area (Å²) in [6.07, 6.45) is 8.08. The van der Waals surface area contributed by atoms with Crippen molar-refractivity contribution in [2.24, 2.45) is 0 Å². The van der Waals surface area contributed by atoms with Gasteiger partial charge in [0.15, 0.2) is 0 Å². The van der Waals surface area contributed by atoms with Crippen molar-refractivity contribution >= 4 is 5.91 Å². The molecule has 0 bridgehead atoms. The topological polar surface area (TPSA) is 73.1 Å². The highest BCUT2D eigenvalue weighted by Gasteiger charge is 2.32. The summed E-state index contributed by atoms with van der Waals surface area (Å²) < 4.78 is 7.11. The molecule has 0 aromatic carbocycles. The second-order valence-electron chi connectivity index (χ2n) is 6.49. The van der Waals surface area contributed by atoms with E-state index in [1.165, 1.54) is 20.0 Å². The van der Waals surface area contributed by atoms with Crippen LogP contribution < -0.4 is 4.74 Å². The van der Waals surface area contributed by atoms with Gasteiger partial charge in [-0.2, -0.15) is 0 Å². The number of carbonyl (C=O) groups is 1. The number of pyridine rings is 1. The number of hydrogen-bond donors (Lipinski definition) is 0. The number of aromatic nitrogens is 4. The van der Waals surface area contributed by atoms with Gasteiger partial charge in [-0.1, -0.05) is 5.21 Å². The smallest absolute Gasteiger partial charge is 0.259 e. The molecule has 0 spiro atoms. The minimum absolute atomic E-state index is 0.0232. The third-order valence-electron chi connectivity index (χ3n) is 4.78. The van der Waals surface area contributed by atoms with Crippen molar-refractivity contribution in [3.8, 4) is 5.88 Å². The number of nitrogens with zero attached hydrogens (tertiary/aromatic N) is 5. The van der Waals surface area contributed by atoms with Gasteiger partial charge in [-0.3, -0.25) is 9.48 Å². The Hall–Kier alpha value is -2.44. The van der Waals surface area contributed by atoms with E-state index in [1.807, 2.05) is 15.8 Å². The number of hydrogen-bond acceptors (Lipinski definition) is 5. The minimum Gasteiger partial charge on any atom is -0.480 e. The summed E-state index contributed by atoms with van der Waals surface area (Å²) in [5, 5.41) is 8.49. The fourth-order valence-corrected chi connectivity index (χ4v) is 3.35. The Morgan fingerprint density at radius 1 is 1.38 bits per heavy atom. The van der Waals surface area contributed by atoms with Crippen LogP contribution in [0.3, 0.4) is 0 Å². The molecule has 3 heterocycles. The van der Waals surface area contributed by atoms with Crippen LogP contribution >= 0.6 is 0 Å². The molecule has 1 saturated heterocycles. The van der Waals surface area contributed by atoms with E-state index in [1.54, 1.807) is 18.3 Å². The molecule has 1 aliphatic carbocycles. The van der Waals surface area contributed by atoms with Gasteiger partial charge in [-0.05, 0) is 37.8 Å². The molecule has 7 nitrogen and oxygen atoms in total. The molecule has 1 atom stereocenters. The highest BCUT2D eigenvalue weighted by molar-refractivity contribution is 5.96. The summed E-state index contributed by atoms with van der Waals surface area (Å²) in [5.74, 6) is 0.953. The van der Waals surface area contributed by atoms with Crippen molar-refractivity contribution in [3.63, 3.8) is 0 Å². The monoisotopic (exact) mass is 327 g/mol. The Morgan fingerprint density at radius 2 is 2.25 bits per heavy atom. The van der Waals surface area contributed by atoms with E-state index in [0.717, 1.165) is 25.1 Å². The first-order chi connectivity index (χ1) is 11.8. The third kappa shape index (κ3) is 2.86. The lowest BCUT2D eigenvalue weighted by Crippen LogP contribution is -2.38. The van der Waals surface area contributed by atoms with Crippen molar-refractivity contribution in [3.05, 3.63) is 35.8 Å². The molecule has 1 amide bonds. The molecule has 4 rings (SSSR count). The van der Waals surface area contributed by atoms with Crippen molar-refractivity contribution in [2.45, 2.75) is 44.2 Å². The van der Waals surface area contributed by atoms with Crippen LogP contribution in [0.2, 0.25) is 0 Å². The average molecular weight is 327 g/mol. The average Bonchev–Trinajstić information content (AvgIpc) is 3.19. The molecule has 7 heteroatoms. The zero-order valence-corrected chi connectivity index (χ0v) is 13.8. The Balaban J connectivity index is 1.50. The van der Waals surface area contributed by atoms with Crippen molar-refractivity contribution in [1.29, 1.82) is 0 Å². The molecule has 1 aliphatic heterocycles. The number of rotatable bonds is 5. The first-order valence-corrected chi connectivity index (χ1v) is 8.46. The van der Waals surface area contributed by atoms with E-state index in [2.05, 4.69) is 15.3 Å². The first-order valence-electron chi connectivity index (χ1n) is 8.46. The lowest BCUT2D eigenvalue weighted by atomic mass is 10.2. The van der Waals surface area contributed by atoms with Gasteiger partial charge in [0.05, 0.1) is 25.4 Å². The summed E-state index contributed by atoms with van der Waals surface area (Å²) in [4.78, 5) is 19.0. The molecule has 126 valence electrons. The van der Waals surface area contributed by atoms with Crippen molar-refractivity contribution in [1.82, 2.24) is 24.9 Å². The zero-order chi connectivity index (χ0) is 16.5. The van der Waals surface area contributed by atoms with Gasteiger partial charge in [-0.15, -0.1) is 5.10 Å². The van der Waals surface area contributed by atoms with Gasteiger partial charge in [0, 0.05) is 24.9 Å². The van der Waals surface area contributed by atoms with Crippen LogP contribution in [0.15, 0.2) is 24.5 Å². The van der Waals surface area contributed by atoms with Gasteiger partial charge >= 0.3 is 0 Å². The number of carbonyl (C=O) groups excluding carboxylic acids is 1. The summed E-state index contributed by atoms with van der Waals surface area (Å²) >= 11 is 0. The lowest BCUT2D eigenvalue weighted by molar-refractivity contribution is 0.0717. The summed E-state index contributed by atoms with van der Waals surface area (Å²) in [6.45, 7) is 1.44. The fraction of sp³-hybridized carbons (Fsp3) is 0.529. The highest BCUT2D eigenvalue weighted by Crippen LogP contribution is 2.38. The van der Waals surface area contributed by atoms with Gasteiger partial charge < -0.3 is 9.64 Å². The molecule has 0 unspecified atom stereocenters. The number of methoxy groups -OCH3 is 1. The lowest BCUT2D eigenvalue weighted by Gasteiger charge is -2.25. The normalized spacial score (nSPS) is 20.4. The Morgan fingerprint density at radius 3 is 3.04 bits per heavy atom. The molecule has 2 aliphatic rings. The molecule has 2 fully saturated rings. The Bertz CT molecular complexity index is 740. The second kappa shape index (κ2) is 6.22. The third-order valence-corrected chi connectivity index (χ3v) is 4.78. The van der Waals surface area contributed by atoms with Gasteiger partial charge in [0.25, 0.3) is 5.91 Å². The van der Waals surface area contributed by atoms with Crippen LogP contribution in [0.4, 0.5) is 0 Å². The maximum atomic E-state index is 12.9. The molecule has 1 saturated carbocycles. The zero-order valence-electron chi connectivity index (χ0n) is 13.8. The summed E-state index contributed by atoms with van der Waals surface area (Å²) in [7, 11) is 1.54. The highest BCUT2D eigenvalue weighted by atomic mass is 16.5. The van der Waals surface area contributed by atoms with E-state index < -0.39 is 0 Å². The van der Waals surface area contributed by atoms with Gasteiger partial charge in [-0.25, -0.2) is 4.98 Å². The fourth-order valence-electron chi connectivity index (χ4n) is 3.35.